The van der Waals surface area contributed by atoms with Crippen molar-refractivity contribution >= 4 is 23.3 Å². The van der Waals surface area contributed by atoms with E-state index >= 15 is 0 Å². The van der Waals surface area contributed by atoms with E-state index in [9.17, 15) is 9.59 Å². The summed E-state index contributed by atoms with van der Waals surface area (Å²) in [5.41, 5.74) is 1.80. The van der Waals surface area contributed by atoms with Gasteiger partial charge in [-0.25, -0.2) is 4.79 Å². The lowest BCUT2D eigenvalue weighted by molar-refractivity contribution is 0.0996. The molecule has 4 rings (SSSR count). The van der Waals surface area contributed by atoms with E-state index < -0.39 is 0 Å². The van der Waals surface area contributed by atoms with Gasteiger partial charge in [0.2, 0.25) is 0 Å². The molecule has 3 N–H and O–H groups in total. The molecule has 0 atom stereocenters. The van der Waals surface area contributed by atoms with Crippen molar-refractivity contribution < 1.29 is 23.8 Å². The van der Waals surface area contributed by atoms with Crippen molar-refractivity contribution in [1.29, 1.82) is 0 Å². The topological polar surface area (TPSA) is 101 Å². The van der Waals surface area contributed by atoms with Crippen molar-refractivity contribution in [3.05, 3.63) is 72.3 Å². The smallest absolute Gasteiger partial charge is 0.319 e. The lowest BCUT2D eigenvalue weighted by Gasteiger charge is -2.32. The number of piperidine rings is 1. The maximum Gasteiger partial charge on any atom is 0.319 e. The molecule has 0 saturated carbocycles. The first kappa shape index (κ1) is 32.7. The lowest BCUT2D eigenvalue weighted by Crippen LogP contribution is -2.38. The van der Waals surface area contributed by atoms with Crippen LogP contribution >= 0.6 is 0 Å². The Hall–Kier alpha value is -4.24. The van der Waals surface area contributed by atoms with Gasteiger partial charge in [0.15, 0.2) is 11.5 Å². The van der Waals surface area contributed by atoms with Gasteiger partial charge in [-0.15, -0.1) is 0 Å². The van der Waals surface area contributed by atoms with E-state index in [-0.39, 0.29) is 24.1 Å². The third kappa shape index (κ3) is 9.64. The Morgan fingerprint density at radius 3 is 2.14 bits per heavy atom. The van der Waals surface area contributed by atoms with Crippen LogP contribution in [0.2, 0.25) is 0 Å². The van der Waals surface area contributed by atoms with E-state index in [1.54, 1.807) is 61.7 Å². The van der Waals surface area contributed by atoms with Gasteiger partial charge in [-0.2, -0.15) is 0 Å². The van der Waals surface area contributed by atoms with Crippen molar-refractivity contribution in [3.63, 3.8) is 0 Å². The molecule has 3 aromatic carbocycles. The second-order valence-electron chi connectivity index (χ2n) is 11.1. The monoisotopic (exact) mass is 602 g/mol. The largest absolute Gasteiger partial charge is 0.493 e. The second-order valence-corrected chi connectivity index (χ2v) is 11.1. The van der Waals surface area contributed by atoms with Gasteiger partial charge < -0.3 is 35.1 Å². The summed E-state index contributed by atoms with van der Waals surface area (Å²) in [6.07, 6.45) is 6.47. The number of ether oxygens (including phenoxy) is 3. The molecule has 1 heterocycles. The van der Waals surface area contributed by atoms with Gasteiger partial charge in [0, 0.05) is 42.1 Å². The fourth-order valence-electron chi connectivity index (χ4n) is 5.12. The standard InChI is InChI=1S/C35H46N4O5/c1-5-8-21-39-22-19-31(20-23-39)43-29-14-9-25(10-15-29)34(40)36-27-11-16-30(17-12-27)44-32-18-13-28(24-33(32)42-4)38-35(41)37-26(6-2)7-3/h9-18,24,26,31H,5-8,19-23H2,1-4H3,(H,36,40)(H2,37,38,41). The predicted octanol–water partition coefficient (Wildman–Crippen LogP) is 7.69. The summed E-state index contributed by atoms with van der Waals surface area (Å²) >= 11 is 0. The fraction of sp³-hybridized carbons (Fsp3) is 0.429. The van der Waals surface area contributed by atoms with Crippen molar-refractivity contribution in [2.45, 2.75) is 71.4 Å². The third-order valence-electron chi connectivity index (χ3n) is 7.86. The van der Waals surface area contributed by atoms with E-state index in [0.29, 0.717) is 34.2 Å². The molecule has 0 unspecified atom stereocenters. The summed E-state index contributed by atoms with van der Waals surface area (Å²) in [7, 11) is 1.55. The van der Waals surface area contributed by atoms with Crippen LogP contribution in [0.1, 0.15) is 69.7 Å². The number of carbonyl (C=O) groups excluding carboxylic acids is 2. The molecule has 0 bridgehead atoms. The van der Waals surface area contributed by atoms with Crippen molar-refractivity contribution in [2.75, 3.05) is 37.4 Å². The zero-order valence-electron chi connectivity index (χ0n) is 26.4. The number of likely N-dealkylation sites (tertiary alicyclic amines) is 1. The van der Waals surface area contributed by atoms with Crippen LogP contribution < -0.4 is 30.2 Å². The maximum atomic E-state index is 12.9. The highest BCUT2D eigenvalue weighted by Crippen LogP contribution is 2.34. The van der Waals surface area contributed by atoms with Crippen molar-refractivity contribution in [2.24, 2.45) is 0 Å². The fourth-order valence-corrected chi connectivity index (χ4v) is 5.12. The Labute approximate surface area is 261 Å². The van der Waals surface area contributed by atoms with Gasteiger partial charge in [-0.1, -0.05) is 27.2 Å². The molecule has 3 amide bonds. The number of nitrogens with zero attached hydrogens (tertiary/aromatic N) is 1. The average Bonchev–Trinajstić information content (AvgIpc) is 3.05. The number of rotatable bonds is 14. The Morgan fingerprint density at radius 2 is 1.50 bits per heavy atom. The van der Waals surface area contributed by atoms with Crippen LogP contribution in [0.4, 0.5) is 16.2 Å². The normalized spacial score (nSPS) is 13.8. The molecule has 9 heteroatoms. The minimum atomic E-state index is -0.259. The molecule has 44 heavy (non-hydrogen) atoms. The number of methoxy groups -OCH3 is 1. The molecule has 1 saturated heterocycles. The SMILES string of the molecule is CCCCN1CCC(Oc2ccc(C(=O)Nc3ccc(Oc4ccc(NC(=O)NC(CC)CC)cc4OC)cc3)cc2)CC1. The molecule has 3 aromatic rings. The minimum Gasteiger partial charge on any atom is -0.493 e. The molecule has 0 radical (unpaired) electrons. The number of urea groups is 1. The number of hydrogen-bond donors (Lipinski definition) is 3. The van der Waals surface area contributed by atoms with Gasteiger partial charge in [-0.05, 0) is 99.3 Å². The van der Waals surface area contributed by atoms with Crippen LogP contribution in [0.15, 0.2) is 66.7 Å². The summed E-state index contributed by atoms with van der Waals surface area (Å²) in [6, 6.07) is 19.5. The number of nitrogens with one attached hydrogen (secondary N) is 3. The highest BCUT2D eigenvalue weighted by Gasteiger charge is 2.20. The zero-order valence-corrected chi connectivity index (χ0v) is 26.4. The number of anilines is 2. The Bertz CT molecular complexity index is 1330. The quantitative estimate of drug-likeness (QED) is 0.175. The van der Waals surface area contributed by atoms with Crippen LogP contribution in [0.3, 0.4) is 0 Å². The first-order valence-electron chi connectivity index (χ1n) is 15.7. The summed E-state index contributed by atoms with van der Waals surface area (Å²) in [4.78, 5) is 27.7. The molecular weight excluding hydrogens is 556 g/mol. The summed E-state index contributed by atoms with van der Waals surface area (Å²) in [5, 5.41) is 8.72. The zero-order chi connectivity index (χ0) is 31.3. The highest BCUT2D eigenvalue weighted by atomic mass is 16.5. The van der Waals surface area contributed by atoms with Crippen molar-refractivity contribution in [1.82, 2.24) is 10.2 Å². The van der Waals surface area contributed by atoms with Gasteiger partial charge in [0.1, 0.15) is 17.6 Å². The van der Waals surface area contributed by atoms with Gasteiger partial charge >= 0.3 is 6.03 Å². The second kappa shape index (κ2) is 16.6. The van der Waals surface area contributed by atoms with Gasteiger partial charge in [0.25, 0.3) is 5.91 Å². The Kier molecular flexibility index (Phi) is 12.3. The summed E-state index contributed by atoms with van der Waals surface area (Å²) in [6.45, 7) is 9.62. The van der Waals surface area contributed by atoms with Crippen LogP contribution in [-0.2, 0) is 0 Å². The number of unbranched alkanes of at least 4 members (excludes halogenated alkanes) is 1. The van der Waals surface area contributed by atoms with Crippen LogP contribution in [0, 0.1) is 0 Å². The van der Waals surface area contributed by atoms with Crippen LogP contribution in [0.25, 0.3) is 0 Å². The predicted molar refractivity (Wildman–Crippen MR) is 175 cm³/mol. The highest BCUT2D eigenvalue weighted by molar-refractivity contribution is 6.04. The van der Waals surface area contributed by atoms with E-state index in [2.05, 4.69) is 27.8 Å². The number of benzene rings is 3. The molecule has 1 aliphatic rings. The minimum absolute atomic E-state index is 0.126. The first-order chi connectivity index (χ1) is 21.4. The molecule has 0 aliphatic carbocycles. The van der Waals surface area contributed by atoms with Gasteiger partial charge in [-0.3, -0.25) is 4.79 Å². The number of hydrogen-bond acceptors (Lipinski definition) is 6. The van der Waals surface area contributed by atoms with Crippen molar-refractivity contribution in [3.8, 4) is 23.0 Å². The van der Waals surface area contributed by atoms with E-state index in [1.165, 1.54) is 19.4 Å². The molecule has 9 nitrogen and oxygen atoms in total. The summed E-state index contributed by atoms with van der Waals surface area (Å²) < 4.78 is 17.7. The first-order valence-corrected chi connectivity index (χ1v) is 15.7. The molecule has 1 fully saturated rings. The molecule has 0 aromatic heterocycles. The molecule has 236 valence electrons. The maximum absolute atomic E-state index is 12.9. The van der Waals surface area contributed by atoms with Gasteiger partial charge in [0.05, 0.1) is 7.11 Å². The van der Waals surface area contributed by atoms with Crippen LogP contribution in [0.5, 0.6) is 23.0 Å². The number of amides is 3. The molecule has 1 aliphatic heterocycles. The molecule has 0 spiro atoms. The average molecular weight is 603 g/mol. The van der Waals surface area contributed by atoms with Crippen LogP contribution in [-0.4, -0.2) is 55.7 Å². The summed E-state index contributed by atoms with van der Waals surface area (Å²) in [5.74, 6) is 2.14. The Morgan fingerprint density at radius 1 is 0.841 bits per heavy atom. The van der Waals surface area contributed by atoms with E-state index in [0.717, 1.165) is 44.5 Å². The Balaban J connectivity index is 1.27. The lowest BCUT2D eigenvalue weighted by atomic mass is 10.1. The molecular formula is C35H46N4O5. The third-order valence-corrected chi connectivity index (χ3v) is 7.86. The van der Waals surface area contributed by atoms with E-state index in [4.69, 9.17) is 14.2 Å². The van der Waals surface area contributed by atoms with E-state index in [1.807, 2.05) is 26.0 Å². The number of carbonyl (C=O) groups is 2.